The van der Waals surface area contributed by atoms with E-state index in [9.17, 15) is 0 Å². The molecule has 2 heterocycles. The average molecular weight is 243 g/mol. The largest absolute Gasteiger partial charge is 0.399 e. The summed E-state index contributed by atoms with van der Waals surface area (Å²) in [5, 5.41) is 2.09. The molecule has 0 saturated heterocycles. The lowest BCUT2D eigenvalue weighted by Crippen LogP contribution is -1.97. The van der Waals surface area contributed by atoms with Gasteiger partial charge in [-0.05, 0) is 29.6 Å². The summed E-state index contributed by atoms with van der Waals surface area (Å²) in [4.78, 5) is 5.97. The first kappa shape index (κ1) is 10.4. The molecule has 0 amide bonds. The summed E-state index contributed by atoms with van der Waals surface area (Å²) in [6.07, 6.45) is 0.878. The lowest BCUT2D eigenvalue weighted by Gasteiger charge is -2.00. The molecule has 0 atom stereocenters. The molecule has 86 valence electrons. The molecule has 17 heavy (non-hydrogen) atoms. The second-order valence-electron chi connectivity index (χ2n) is 4.09. The Morgan fingerprint density at radius 1 is 1.35 bits per heavy atom. The van der Waals surface area contributed by atoms with Crippen LogP contribution < -0.4 is 5.73 Å². The van der Waals surface area contributed by atoms with Gasteiger partial charge in [-0.3, -0.25) is 0 Å². The van der Waals surface area contributed by atoms with E-state index < -0.39 is 0 Å². The van der Waals surface area contributed by atoms with Crippen molar-refractivity contribution in [1.82, 2.24) is 9.55 Å². The third-order valence-corrected chi connectivity index (χ3v) is 3.79. The van der Waals surface area contributed by atoms with Gasteiger partial charge in [-0.2, -0.15) is 0 Å². The van der Waals surface area contributed by atoms with Crippen LogP contribution >= 0.6 is 11.3 Å². The summed E-state index contributed by atoms with van der Waals surface area (Å²) >= 11 is 1.76. The van der Waals surface area contributed by atoms with Gasteiger partial charge in [0.2, 0.25) is 0 Å². The number of rotatable bonds is 2. The minimum Gasteiger partial charge on any atom is -0.399 e. The lowest BCUT2D eigenvalue weighted by atomic mass is 10.3. The van der Waals surface area contributed by atoms with Crippen molar-refractivity contribution in [3.8, 4) is 0 Å². The molecule has 2 N–H and O–H groups in total. The zero-order valence-corrected chi connectivity index (χ0v) is 10.4. The van der Waals surface area contributed by atoms with E-state index in [0.29, 0.717) is 0 Å². The molecule has 0 unspecified atom stereocenters. The first-order chi connectivity index (χ1) is 8.24. The van der Waals surface area contributed by atoms with Crippen molar-refractivity contribution < 1.29 is 0 Å². The smallest absolute Gasteiger partial charge is 0.114 e. The first-order valence-electron chi connectivity index (χ1n) is 5.47. The molecule has 1 aromatic carbocycles. The Hall–Kier alpha value is -1.81. The van der Waals surface area contributed by atoms with E-state index >= 15 is 0 Å². The van der Waals surface area contributed by atoms with Gasteiger partial charge in [0.25, 0.3) is 0 Å². The normalized spacial score (nSPS) is 11.1. The fraction of sp³-hybridized carbons (Fsp3) is 0.154. The maximum absolute atomic E-state index is 5.80. The van der Waals surface area contributed by atoms with Crippen LogP contribution in [0.3, 0.4) is 0 Å². The van der Waals surface area contributed by atoms with Crippen LogP contribution in [0.4, 0.5) is 5.69 Å². The van der Waals surface area contributed by atoms with Crippen LogP contribution in [-0.2, 0) is 13.5 Å². The molecule has 0 aliphatic carbocycles. The number of benzene rings is 1. The number of hydrogen-bond donors (Lipinski definition) is 1. The van der Waals surface area contributed by atoms with Crippen LogP contribution in [-0.4, -0.2) is 9.55 Å². The topological polar surface area (TPSA) is 43.8 Å². The Labute approximate surface area is 104 Å². The summed E-state index contributed by atoms with van der Waals surface area (Å²) in [5.74, 6) is 1.08. The fourth-order valence-electron chi connectivity index (χ4n) is 1.98. The Kier molecular flexibility index (Phi) is 2.37. The highest BCUT2D eigenvalue weighted by atomic mass is 32.1. The van der Waals surface area contributed by atoms with Crippen molar-refractivity contribution in [2.45, 2.75) is 6.42 Å². The Morgan fingerprint density at radius 2 is 2.24 bits per heavy atom. The van der Waals surface area contributed by atoms with Crippen LogP contribution in [0.5, 0.6) is 0 Å². The molecule has 0 aliphatic heterocycles. The van der Waals surface area contributed by atoms with Crippen LogP contribution in [0.25, 0.3) is 11.0 Å². The quantitative estimate of drug-likeness (QED) is 0.703. The SMILES string of the molecule is Cn1c(Cc2cccs2)nc2ccc(N)cc21. The Bertz CT molecular complexity index is 653. The summed E-state index contributed by atoms with van der Waals surface area (Å²) in [5.41, 5.74) is 8.68. The van der Waals surface area contributed by atoms with Gasteiger partial charge in [0.05, 0.1) is 11.0 Å². The number of nitrogen functional groups attached to an aromatic ring is 1. The van der Waals surface area contributed by atoms with Gasteiger partial charge in [-0.25, -0.2) is 4.98 Å². The van der Waals surface area contributed by atoms with Gasteiger partial charge in [-0.1, -0.05) is 6.07 Å². The van der Waals surface area contributed by atoms with Gasteiger partial charge in [-0.15, -0.1) is 11.3 Å². The van der Waals surface area contributed by atoms with Crippen LogP contribution in [0, 0.1) is 0 Å². The van der Waals surface area contributed by atoms with Gasteiger partial charge >= 0.3 is 0 Å². The van der Waals surface area contributed by atoms with Crippen molar-refractivity contribution >= 4 is 28.1 Å². The molecule has 3 rings (SSSR count). The van der Waals surface area contributed by atoms with E-state index in [-0.39, 0.29) is 0 Å². The first-order valence-corrected chi connectivity index (χ1v) is 6.35. The third-order valence-electron chi connectivity index (χ3n) is 2.91. The highest BCUT2D eigenvalue weighted by molar-refractivity contribution is 7.09. The number of imidazole rings is 1. The minimum absolute atomic E-state index is 0.781. The van der Waals surface area contributed by atoms with Gasteiger partial charge in [0.15, 0.2) is 0 Å². The monoisotopic (exact) mass is 243 g/mol. The van der Waals surface area contributed by atoms with E-state index in [0.717, 1.165) is 29.0 Å². The van der Waals surface area contributed by atoms with E-state index in [1.54, 1.807) is 11.3 Å². The second-order valence-corrected chi connectivity index (χ2v) is 5.12. The van der Waals surface area contributed by atoms with Crippen LogP contribution in [0.15, 0.2) is 35.7 Å². The van der Waals surface area contributed by atoms with Crippen LogP contribution in [0.2, 0.25) is 0 Å². The number of anilines is 1. The number of hydrogen-bond acceptors (Lipinski definition) is 3. The number of thiophene rings is 1. The number of aryl methyl sites for hydroxylation is 1. The molecule has 3 aromatic rings. The molecule has 0 fully saturated rings. The molecule has 0 aliphatic rings. The molecule has 0 radical (unpaired) electrons. The molecule has 4 heteroatoms. The van der Waals surface area contributed by atoms with E-state index in [1.807, 2.05) is 25.2 Å². The Morgan fingerprint density at radius 3 is 3.00 bits per heavy atom. The maximum atomic E-state index is 5.80. The lowest BCUT2D eigenvalue weighted by molar-refractivity contribution is 0.850. The van der Waals surface area contributed by atoms with Crippen molar-refractivity contribution in [1.29, 1.82) is 0 Å². The molecular formula is C13H13N3S. The van der Waals surface area contributed by atoms with Crippen molar-refractivity contribution in [2.24, 2.45) is 7.05 Å². The van der Waals surface area contributed by atoms with E-state index in [4.69, 9.17) is 5.73 Å². The zero-order chi connectivity index (χ0) is 11.8. The highest BCUT2D eigenvalue weighted by Crippen LogP contribution is 2.21. The zero-order valence-electron chi connectivity index (χ0n) is 9.55. The standard InChI is InChI=1S/C13H13N3S/c1-16-12-7-9(14)4-5-11(12)15-13(16)8-10-3-2-6-17-10/h2-7H,8,14H2,1H3. The molecule has 0 spiro atoms. The summed E-state index contributed by atoms with van der Waals surface area (Å²) < 4.78 is 2.12. The second kappa shape index (κ2) is 3.89. The predicted octanol–water partition coefficient (Wildman–Crippen LogP) is 2.81. The van der Waals surface area contributed by atoms with Crippen molar-refractivity contribution in [3.05, 3.63) is 46.4 Å². The van der Waals surface area contributed by atoms with Gasteiger partial charge < -0.3 is 10.3 Å². The molecular weight excluding hydrogens is 230 g/mol. The maximum Gasteiger partial charge on any atom is 0.114 e. The molecule has 0 saturated carbocycles. The van der Waals surface area contributed by atoms with Crippen molar-refractivity contribution in [2.75, 3.05) is 5.73 Å². The molecule has 3 nitrogen and oxygen atoms in total. The summed E-state index contributed by atoms with van der Waals surface area (Å²) in [6.45, 7) is 0. The van der Waals surface area contributed by atoms with Gasteiger partial charge in [0, 0.05) is 24.0 Å². The molecule has 0 bridgehead atoms. The average Bonchev–Trinajstić information content (AvgIpc) is 2.91. The number of nitrogens with two attached hydrogens (primary N) is 1. The van der Waals surface area contributed by atoms with E-state index in [2.05, 4.69) is 27.1 Å². The minimum atomic E-state index is 0.781. The van der Waals surface area contributed by atoms with Gasteiger partial charge in [0.1, 0.15) is 5.82 Å². The number of nitrogens with zero attached hydrogens (tertiary/aromatic N) is 2. The fourth-order valence-corrected chi connectivity index (χ4v) is 2.69. The number of fused-ring (bicyclic) bond motifs is 1. The third kappa shape index (κ3) is 1.80. The Balaban J connectivity index is 2.08. The summed E-state index contributed by atoms with van der Waals surface area (Å²) in [6, 6.07) is 10.0. The number of aromatic nitrogens is 2. The molecule has 2 aromatic heterocycles. The predicted molar refractivity (Wildman–Crippen MR) is 72.3 cm³/mol. The van der Waals surface area contributed by atoms with E-state index in [1.165, 1.54) is 4.88 Å². The highest BCUT2D eigenvalue weighted by Gasteiger charge is 2.08. The van der Waals surface area contributed by atoms with Crippen LogP contribution in [0.1, 0.15) is 10.7 Å². The summed E-state index contributed by atoms with van der Waals surface area (Å²) in [7, 11) is 2.04. The van der Waals surface area contributed by atoms with Crippen molar-refractivity contribution in [3.63, 3.8) is 0 Å².